The van der Waals surface area contributed by atoms with Crippen LogP contribution in [-0.2, 0) is 4.79 Å². The Morgan fingerprint density at radius 2 is 1.90 bits per heavy atom. The third-order valence-electron chi connectivity index (χ3n) is 4.19. The van der Waals surface area contributed by atoms with Crippen molar-refractivity contribution in [3.8, 4) is 0 Å². The Morgan fingerprint density at radius 1 is 1.24 bits per heavy atom. The molecule has 1 N–H and O–H groups in total. The number of carbonyl (C=O) groups is 1. The van der Waals surface area contributed by atoms with Crippen molar-refractivity contribution >= 4 is 12.0 Å². The zero-order valence-corrected chi connectivity index (χ0v) is 12.6. The van der Waals surface area contributed by atoms with E-state index in [1.165, 1.54) is 43.9 Å². The number of benzene rings is 1. The Kier molecular flexibility index (Phi) is 5.97. The molecule has 1 aliphatic rings. The van der Waals surface area contributed by atoms with Crippen LogP contribution in [0, 0.1) is 11.7 Å². The van der Waals surface area contributed by atoms with Crippen LogP contribution in [0.2, 0.25) is 0 Å². The van der Waals surface area contributed by atoms with E-state index in [1.54, 1.807) is 18.2 Å². The van der Waals surface area contributed by atoms with E-state index in [4.69, 9.17) is 0 Å². The Bertz CT molecular complexity index is 472. The highest BCUT2D eigenvalue weighted by atomic mass is 19.1. The second-order valence-electron chi connectivity index (χ2n) is 5.90. The highest BCUT2D eigenvalue weighted by Crippen LogP contribution is 2.27. The molecule has 0 heterocycles. The van der Waals surface area contributed by atoms with E-state index < -0.39 is 0 Å². The summed E-state index contributed by atoms with van der Waals surface area (Å²) in [4.78, 5) is 11.9. The third-order valence-corrected chi connectivity index (χ3v) is 4.19. The van der Waals surface area contributed by atoms with Crippen molar-refractivity contribution in [2.24, 2.45) is 5.92 Å². The molecule has 1 saturated carbocycles. The number of hydrogen-bond donors (Lipinski definition) is 1. The second-order valence-corrected chi connectivity index (χ2v) is 5.90. The van der Waals surface area contributed by atoms with E-state index >= 15 is 0 Å². The van der Waals surface area contributed by atoms with E-state index in [1.807, 2.05) is 0 Å². The predicted molar refractivity (Wildman–Crippen MR) is 84.2 cm³/mol. The summed E-state index contributed by atoms with van der Waals surface area (Å²) >= 11 is 0. The summed E-state index contributed by atoms with van der Waals surface area (Å²) in [5, 5.41) is 3.06. The van der Waals surface area contributed by atoms with Gasteiger partial charge in [0.2, 0.25) is 5.91 Å². The molecule has 0 atom stereocenters. The summed E-state index contributed by atoms with van der Waals surface area (Å²) in [5.41, 5.74) is 0.832. The second kappa shape index (κ2) is 7.96. The van der Waals surface area contributed by atoms with Gasteiger partial charge in [-0.1, -0.05) is 31.9 Å². The molecule has 1 fully saturated rings. The van der Waals surface area contributed by atoms with Gasteiger partial charge in [-0.2, -0.15) is 0 Å². The lowest BCUT2D eigenvalue weighted by atomic mass is 9.83. The molecule has 2 nitrogen and oxygen atoms in total. The Morgan fingerprint density at radius 3 is 2.52 bits per heavy atom. The summed E-state index contributed by atoms with van der Waals surface area (Å²) < 4.78 is 12.8. The van der Waals surface area contributed by atoms with E-state index in [9.17, 15) is 9.18 Å². The monoisotopic (exact) mass is 289 g/mol. The summed E-state index contributed by atoms with van der Waals surface area (Å²) in [6.45, 7) is 2.23. The van der Waals surface area contributed by atoms with Gasteiger partial charge in [-0.3, -0.25) is 4.79 Å². The first-order valence-electron chi connectivity index (χ1n) is 7.91. The van der Waals surface area contributed by atoms with Gasteiger partial charge in [-0.15, -0.1) is 0 Å². The minimum Gasteiger partial charge on any atom is -0.350 e. The quantitative estimate of drug-likeness (QED) is 0.804. The van der Waals surface area contributed by atoms with Gasteiger partial charge in [0.15, 0.2) is 0 Å². The zero-order valence-electron chi connectivity index (χ0n) is 12.6. The maximum absolute atomic E-state index is 12.8. The fourth-order valence-corrected chi connectivity index (χ4v) is 3.00. The van der Waals surface area contributed by atoms with Crippen LogP contribution < -0.4 is 5.32 Å². The number of nitrogens with one attached hydrogen (secondary N) is 1. The van der Waals surface area contributed by atoms with Crippen LogP contribution in [0.25, 0.3) is 6.08 Å². The molecule has 21 heavy (non-hydrogen) atoms. The lowest BCUT2D eigenvalue weighted by Gasteiger charge is -2.28. The van der Waals surface area contributed by atoms with Crippen molar-refractivity contribution < 1.29 is 9.18 Å². The maximum atomic E-state index is 12.8. The van der Waals surface area contributed by atoms with E-state index in [-0.39, 0.29) is 11.7 Å². The van der Waals surface area contributed by atoms with E-state index in [0.717, 1.165) is 24.3 Å². The van der Waals surface area contributed by atoms with Gasteiger partial charge in [0, 0.05) is 12.1 Å². The van der Waals surface area contributed by atoms with Gasteiger partial charge in [-0.25, -0.2) is 4.39 Å². The van der Waals surface area contributed by atoms with Crippen LogP contribution in [0.5, 0.6) is 0 Å². The van der Waals surface area contributed by atoms with Crippen LogP contribution >= 0.6 is 0 Å². The van der Waals surface area contributed by atoms with Gasteiger partial charge in [0.25, 0.3) is 0 Å². The first-order valence-corrected chi connectivity index (χ1v) is 7.91. The normalized spacial score (nSPS) is 22.4. The SMILES string of the molecule is CCCC1CCC(NC(=O)/C=C/c2ccc(F)cc2)CC1. The van der Waals surface area contributed by atoms with Crippen molar-refractivity contribution in [3.63, 3.8) is 0 Å². The fraction of sp³-hybridized carbons (Fsp3) is 0.500. The average molecular weight is 289 g/mol. The predicted octanol–water partition coefficient (Wildman–Crippen LogP) is 4.31. The molecule has 0 bridgehead atoms. The highest BCUT2D eigenvalue weighted by molar-refractivity contribution is 5.91. The van der Waals surface area contributed by atoms with Crippen molar-refractivity contribution in [1.29, 1.82) is 0 Å². The molecule has 0 aromatic heterocycles. The lowest BCUT2D eigenvalue weighted by molar-refractivity contribution is -0.117. The maximum Gasteiger partial charge on any atom is 0.244 e. The Balaban J connectivity index is 1.76. The van der Waals surface area contributed by atoms with Gasteiger partial charge < -0.3 is 5.32 Å². The summed E-state index contributed by atoms with van der Waals surface area (Å²) in [6, 6.07) is 6.42. The molecule has 2 rings (SSSR count). The van der Waals surface area contributed by atoms with Crippen molar-refractivity contribution in [2.75, 3.05) is 0 Å². The smallest absolute Gasteiger partial charge is 0.244 e. The zero-order chi connectivity index (χ0) is 15.1. The van der Waals surface area contributed by atoms with Gasteiger partial charge >= 0.3 is 0 Å². The summed E-state index contributed by atoms with van der Waals surface area (Å²) in [7, 11) is 0. The minimum atomic E-state index is -0.263. The number of amides is 1. The molecule has 1 aromatic carbocycles. The van der Waals surface area contributed by atoms with Gasteiger partial charge in [0.1, 0.15) is 5.82 Å². The fourth-order valence-electron chi connectivity index (χ4n) is 3.00. The minimum absolute atomic E-state index is 0.0572. The molecule has 3 heteroatoms. The summed E-state index contributed by atoms with van der Waals surface area (Å²) in [5.74, 6) is 0.525. The van der Waals surface area contributed by atoms with E-state index in [2.05, 4.69) is 12.2 Å². The van der Waals surface area contributed by atoms with E-state index in [0.29, 0.717) is 6.04 Å². The van der Waals surface area contributed by atoms with Crippen molar-refractivity contribution in [2.45, 2.75) is 51.5 Å². The van der Waals surface area contributed by atoms with Crippen LogP contribution in [0.3, 0.4) is 0 Å². The molecular formula is C18H24FNO. The van der Waals surface area contributed by atoms with Crippen molar-refractivity contribution in [1.82, 2.24) is 5.32 Å². The number of rotatable bonds is 5. The molecule has 0 aliphatic heterocycles. The highest BCUT2D eigenvalue weighted by Gasteiger charge is 2.21. The van der Waals surface area contributed by atoms with Crippen LogP contribution in [0.4, 0.5) is 4.39 Å². The molecule has 0 spiro atoms. The molecule has 114 valence electrons. The Hall–Kier alpha value is -1.64. The molecule has 1 aromatic rings. The molecule has 1 amide bonds. The third kappa shape index (κ3) is 5.33. The molecule has 0 saturated heterocycles. The van der Waals surface area contributed by atoms with Crippen LogP contribution in [0.1, 0.15) is 51.0 Å². The molecule has 0 radical (unpaired) electrons. The van der Waals surface area contributed by atoms with Crippen LogP contribution in [-0.4, -0.2) is 11.9 Å². The summed E-state index contributed by atoms with van der Waals surface area (Å²) in [6.07, 6.45) is 10.4. The first kappa shape index (κ1) is 15.7. The van der Waals surface area contributed by atoms with Gasteiger partial charge in [0.05, 0.1) is 0 Å². The van der Waals surface area contributed by atoms with Gasteiger partial charge in [-0.05, 0) is 55.4 Å². The molecular weight excluding hydrogens is 265 g/mol. The first-order chi connectivity index (χ1) is 10.2. The standard InChI is InChI=1S/C18H24FNO/c1-2-3-14-6-11-17(12-7-14)20-18(21)13-8-15-4-9-16(19)10-5-15/h4-5,8-10,13-14,17H,2-3,6-7,11-12H2,1H3,(H,20,21)/b13-8+. The topological polar surface area (TPSA) is 29.1 Å². The number of carbonyl (C=O) groups excluding carboxylic acids is 1. The number of hydrogen-bond acceptors (Lipinski definition) is 1. The Labute approximate surface area is 126 Å². The molecule has 1 aliphatic carbocycles. The lowest BCUT2D eigenvalue weighted by Crippen LogP contribution is -2.36. The largest absolute Gasteiger partial charge is 0.350 e. The van der Waals surface area contributed by atoms with Crippen LogP contribution in [0.15, 0.2) is 30.3 Å². The van der Waals surface area contributed by atoms with Crippen molar-refractivity contribution in [3.05, 3.63) is 41.7 Å². The average Bonchev–Trinajstić information content (AvgIpc) is 2.49. The molecule has 0 unspecified atom stereocenters. The number of halogens is 1.